The number of aromatic amines is 1. The van der Waals surface area contributed by atoms with Crippen molar-refractivity contribution in [2.45, 2.75) is 18.9 Å². The summed E-state index contributed by atoms with van der Waals surface area (Å²) in [6, 6.07) is 0.319. The number of hydrogen-bond donors (Lipinski definition) is 3. The third-order valence-electron chi connectivity index (χ3n) is 2.58. The number of amides is 1. The minimum Gasteiger partial charge on any atom is -0.356 e. The fraction of sp³-hybridized carbons (Fsp3) is 0.700. The van der Waals surface area contributed by atoms with Crippen LogP contribution >= 0.6 is 11.8 Å². The Hall–Kier alpha value is -1.08. The Balaban J connectivity index is 1.60. The first-order valence-corrected chi connectivity index (χ1v) is 6.92. The van der Waals surface area contributed by atoms with E-state index in [4.69, 9.17) is 0 Å². The lowest BCUT2D eigenvalue weighted by atomic mass is 10.2. The summed E-state index contributed by atoms with van der Waals surface area (Å²) in [5.41, 5.74) is 0. The van der Waals surface area contributed by atoms with Gasteiger partial charge in [0.15, 0.2) is 0 Å². The number of hydrogen-bond acceptors (Lipinski definition) is 5. The summed E-state index contributed by atoms with van der Waals surface area (Å²) < 4.78 is 0. The fourth-order valence-corrected chi connectivity index (χ4v) is 2.67. The molecule has 1 aromatic heterocycles. The first kappa shape index (κ1) is 12.4. The molecule has 0 aromatic carbocycles. The molecule has 3 N–H and O–H groups in total. The molecule has 1 fully saturated rings. The molecule has 0 radical (unpaired) electrons. The van der Waals surface area contributed by atoms with Crippen LogP contribution in [-0.2, 0) is 11.2 Å². The predicted molar refractivity (Wildman–Crippen MR) is 66.8 cm³/mol. The highest BCUT2D eigenvalue weighted by molar-refractivity contribution is 7.99. The number of nitrogens with one attached hydrogen (secondary N) is 3. The van der Waals surface area contributed by atoms with Crippen molar-refractivity contribution in [3.8, 4) is 0 Å². The SMILES string of the molecule is O=C(CC1CSCCN1)NCCc1ncn[nH]1. The van der Waals surface area contributed by atoms with Gasteiger partial charge in [-0.05, 0) is 0 Å². The highest BCUT2D eigenvalue weighted by atomic mass is 32.2. The molecule has 1 atom stereocenters. The van der Waals surface area contributed by atoms with Gasteiger partial charge in [0.2, 0.25) is 5.91 Å². The van der Waals surface area contributed by atoms with Crippen LogP contribution < -0.4 is 10.6 Å². The molecule has 1 unspecified atom stereocenters. The number of carbonyl (C=O) groups is 1. The van der Waals surface area contributed by atoms with Gasteiger partial charge in [-0.1, -0.05) is 0 Å². The molecule has 0 spiro atoms. The monoisotopic (exact) mass is 255 g/mol. The highest BCUT2D eigenvalue weighted by Gasteiger charge is 2.16. The van der Waals surface area contributed by atoms with Crippen LogP contribution in [0.3, 0.4) is 0 Å². The Kier molecular flexibility index (Phi) is 4.81. The van der Waals surface area contributed by atoms with Crippen LogP contribution in [0.5, 0.6) is 0 Å². The van der Waals surface area contributed by atoms with Gasteiger partial charge in [-0.3, -0.25) is 9.89 Å². The van der Waals surface area contributed by atoms with E-state index >= 15 is 0 Å². The summed E-state index contributed by atoms with van der Waals surface area (Å²) in [6.07, 6.45) is 2.72. The highest BCUT2D eigenvalue weighted by Crippen LogP contribution is 2.09. The largest absolute Gasteiger partial charge is 0.356 e. The second-order valence-electron chi connectivity index (χ2n) is 3.96. The Morgan fingerprint density at radius 1 is 1.65 bits per heavy atom. The second kappa shape index (κ2) is 6.61. The molecule has 94 valence electrons. The van der Waals surface area contributed by atoms with Crippen molar-refractivity contribution in [2.24, 2.45) is 0 Å². The van der Waals surface area contributed by atoms with E-state index in [1.807, 2.05) is 11.8 Å². The molecule has 0 bridgehead atoms. The lowest BCUT2D eigenvalue weighted by Gasteiger charge is -2.22. The van der Waals surface area contributed by atoms with Gasteiger partial charge >= 0.3 is 0 Å². The molecule has 7 heteroatoms. The molecular formula is C10H17N5OS. The van der Waals surface area contributed by atoms with Crippen molar-refractivity contribution in [1.82, 2.24) is 25.8 Å². The first-order chi connectivity index (χ1) is 8.34. The van der Waals surface area contributed by atoms with Crippen LogP contribution in [0.1, 0.15) is 12.2 Å². The van der Waals surface area contributed by atoms with E-state index in [-0.39, 0.29) is 5.91 Å². The van der Waals surface area contributed by atoms with Crippen LogP contribution in [0.2, 0.25) is 0 Å². The summed E-state index contributed by atoms with van der Waals surface area (Å²) in [7, 11) is 0. The molecule has 2 heterocycles. The van der Waals surface area contributed by atoms with Crippen molar-refractivity contribution in [3.05, 3.63) is 12.2 Å². The Bertz CT molecular complexity index is 336. The normalized spacial score (nSPS) is 20.1. The third kappa shape index (κ3) is 4.35. The number of rotatable bonds is 5. The molecule has 6 nitrogen and oxygen atoms in total. The zero-order valence-corrected chi connectivity index (χ0v) is 10.4. The van der Waals surface area contributed by atoms with Gasteiger partial charge in [-0.2, -0.15) is 16.9 Å². The maximum Gasteiger partial charge on any atom is 0.221 e. The molecular weight excluding hydrogens is 238 g/mol. The quantitative estimate of drug-likeness (QED) is 0.664. The molecule has 0 saturated carbocycles. The number of aromatic nitrogens is 3. The van der Waals surface area contributed by atoms with Crippen LogP contribution in [0.15, 0.2) is 6.33 Å². The molecule has 0 aliphatic carbocycles. The zero-order chi connectivity index (χ0) is 11.9. The van der Waals surface area contributed by atoms with E-state index in [1.54, 1.807) is 0 Å². The lowest BCUT2D eigenvalue weighted by Crippen LogP contribution is -2.41. The minimum atomic E-state index is 0.101. The summed E-state index contributed by atoms with van der Waals surface area (Å²) in [5.74, 6) is 3.07. The molecule has 1 aliphatic rings. The van der Waals surface area contributed by atoms with Crippen molar-refractivity contribution < 1.29 is 4.79 Å². The predicted octanol–water partition coefficient (Wildman–Crippen LogP) is -0.441. The van der Waals surface area contributed by atoms with Crippen LogP contribution in [0.25, 0.3) is 0 Å². The molecule has 1 aliphatic heterocycles. The average molecular weight is 255 g/mol. The first-order valence-electron chi connectivity index (χ1n) is 5.76. The van der Waals surface area contributed by atoms with Gasteiger partial charge in [-0.25, -0.2) is 4.98 Å². The van der Waals surface area contributed by atoms with Gasteiger partial charge < -0.3 is 10.6 Å². The Labute approximate surface area is 104 Å². The standard InChI is InChI=1S/C10H17N5OS/c16-10(5-8-6-17-4-3-11-8)12-2-1-9-13-7-14-15-9/h7-8,11H,1-6H2,(H,12,16)(H,13,14,15). The number of nitrogens with zero attached hydrogens (tertiary/aromatic N) is 2. The second-order valence-corrected chi connectivity index (χ2v) is 5.11. The van der Waals surface area contributed by atoms with Gasteiger partial charge in [0, 0.05) is 43.5 Å². The Morgan fingerprint density at radius 3 is 3.29 bits per heavy atom. The summed E-state index contributed by atoms with van der Waals surface area (Å²) in [4.78, 5) is 15.6. The summed E-state index contributed by atoms with van der Waals surface area (Å²) in [6.45, 7) is 1.61. The number of thioether (sulfide) groups is 1. The maximum atomic E-state index is 11.6. The number of carbonyl (C=O) groups excluding carboxylic acids is 1. The smallest absolute Gasteiger partial charge is 0.221 e. The molecule has 17 heavy (non-hydrogen) atoms. The van der Waals surface area contributed by atoms with Crippen LogP contribution in [0, 0.1) is 0 Å². The van der Waals surface area contributed by atoms with E-state index in [0.717, 1.165) is 23.9 Å². The topological polar surface area (TPSA) is 82.7 Å². The summed E-state index contributed by atoms with van der Waals surface area (Å²) in [5, 5.41) is 12.8. The van der Waals surface area contributed by atoms with Crippen molar-refractivity contribution >= 4 is 17.7 Å². The van der Waals surface area contributed by atoms with E-state index < -0.39 is 0 Å². The van der Waals surface area contributed by atoms with Crippen molar-refractivity contribution in [3.63, 3.8) is 0 Å². The number of H-pyrrole nitrogens is 1. The fourth-order valence-electron chi connectivity index (χ4n) is 1.72. The zero-order valence-electron chi connectivity index (χ0n) is 9.61. The molecule has 1 aromatic rings. The van der Waals surface area contributed by atoms with E-state index in [0.29, 0.717) is 25.4 Å². The van der Waals surface area contributed by atoms with Crippen molar-refractivity contribution in [1.29, 1.82) is 0 Å². The van der Waals surface area contributed by atoms with Crippen LogP contribution in [0.4, 0.5) is 0 Å². The average Bonchev–Trinajstić information content (AvgIpc) is 2.83. The lowest BCUT2D eigenvalue weighted by molar-refractivity contribution is -0.121. The van der Waals surface area contributed by atoms with Gasteiger partial charge in [0.1, 0.15) is 12.2 Å². The third-order valence-corrected chi connectivity index (χ3v) is 3.71. The van der Waals surface area contributed by atoms with Gasteiger partial charge in [-0.15, -0.1) is 0 Å². The molecule has 2 rings (SSSR count). The van der Waals surface area contributed by atoms with E-state index in [2.05, 4.69) is 25.8 Å². The van der Waals surface area contributed by atoms with Gasteiger partial charge in [0.05, 0.1) is 0 Å². The maximum absolute atomic E-state index is 11.6. The van der Waals surface area contributed by atoms with Gasteiger partial charge in [0.25, 0.3) is 0 Å². The van der Waals surface area contributed by atoms with E-state index in [9.17, 15) is 4.79 Å². The molecule has 1 saturated heterocycles. The van der Waals surface area contributed by atoms with E-state index in [1.165, 1.54) is 6.33 Å². The van der Waals surface area contributed by atoms with Crippen LogP contribution in [-0.4, -0.2) is 51.7 Å². The Morgan fingerprint density at radius 2 is 2.59 bits per heavy atom. The summed E-state index contributed by atoms with van der Waals surface area (Å²) >= 11 is 1.90. The van der Waals surface area contributed by atoms with Crippen molar-refractivity contribution in [2.75, 3.05) is 24.6 Å². The molecule has 1 amide bonds. The minimum absolute atomic E-state index is 0.101.